The molecule has 0 bridgehead atoms. The summed E-state index contributed by atoms with van der Waals surface area (Å²) in [6.07, 6.45) is 2.29. The number of benzene rings is 1. The Hall–Kier alpha value is -1.35. The Morgan fingerprint density at radius 1 is 1.32 bits per heavy atom. The maximum absolute atomic E-state index is 12.3. The zero-order valence-electron chi connectivity index (χ0n) is 12.1. The monoisotopic (exact) mass is 260 g/mol. The molecule has 0 radical (unpaired) electrons. The van der Waals surface area contributed by atoms with E-state index < -0.39 is 0 Å². The predicted molar refractivity (Wildman–Crippen MR) is 78.2 cm³/mol. The zero-order chi connectivity index (χ0) is 14.0. The second-order valence-corrected chi connectivity index (χ2v) is 6.14. The van der Waals surface area contributed by atoms with Gasteiger partial charge >= 0.3 is 0 Å². The molecule has 104 valence electrons. The van der Waals surface area contributed by atoms with Gasteiger partial charge in [0, 0.05) is 24.6 Å². The lowest BCUT2D eigenvalue weighted by atomic mass is 10.0. The van der Waals surface area contributed by atoms with E-state index in [1.807, 2.05) is 36.2 Å². The van der Waals surface area contributed by atoms with Gasteiger partial charge in [0.15, 0.2) is 0 Å². The Kier molecular flexibility index (Phi) is 3.95. The number of carbonyl (C=O) groups excluding carboxylic acids is 1. The molecule has 0 aromatic heterocycles. The first kappa shape index (κ1) is 14.1. The van der Waals surface area contributed by atoms with Gasteiger partial charge in [-0.2, -0.15) is 0 Å². The third-order valence-electron chi connectivity index (χ3n) is 4.13. The van der Waals surface area contributed by atoms with Gasteiger partial charge in [0.1, 0.15) is 0 Å². The third-order valence-corrected chi connectivity index (χ3v) is 4.13. The van der Waals surface area contributed by atoms with Crippen molar-refractivity contribution in [2.24, 2.45) is 11.1 Å². The number of hydrogen-bond acceptors (Lipinski definition) is 2. The van der Waals surface area contributed by atoms with Crippen molar-refractivity contribution < 1.29 is 4.79 Å². The van der Waals surface area contributed by atoms with E-state index in [1.54, 1.807) is 0 Å². The molecule has 3 nitrogen and oxygen atoms in total. The second-order valence-electron chi connectivity index (χ2n) is 6.14. The molecular weight excluding hydrogens is 236 g/mol. The molecule has 0 atom stereocenters. The maximum Gasteiger partial charge on any atom is 0.253 e. The molecular formula is C16H24N2O. The van der Waals surface area contributed by atoms with Crippen LogP contribution < -0.4 is 5.73 Å². The summed E-state index contributed by atoms with van der Waals surface area (Å²) < 4.78 is 0. The highest BCUT2D eigenvalue weighted by Crippen LogP contribution is 2.45. The van der Waals surface area contributed by atoms with Gasteiger partial charge in [-0.1, -0.05) is 26.0 Å². The largest absolute Gasteiger partial charge is 0.341 e. The molecule has 0 saturated heterocycles. The normalized spacial score (nSPS) is 16.5. The Morgan fingerprint density at radius 2 is 1.89 bits per heavy atom. The SMILES string of the molecule is CC(C)c1ccc(C(=O)N(C)CC2(CN)CC2)cc1. The minimum absolute atomic E-state index is 0.0926. The van der Waals surface area contributed by atoms with Gasteiger partial charge in [-0.3, -0.25) is 4.79 Å². The van der Waals surface area contributed by atoms with E-state index in [1.165, 1.54) is 5.56 Å². The molecule has 1 aliphatic rings. The molecule has 1 amide bonds. The minimum atomic E-state index is 0.0926. The predicted octanol–water partition coefficient (Wildman–Crippen LogP) is 2.62. The fourth-order valence-corrected chi connectivity index (χ4v) is 2.41. The number of carbonyl (C=O) groups is 1. The van der Waals surface area contributed by atoms with E-state index >= 15 is 0 Å². The number of nitrogens with zero attached hydrogens (tertiary/aromatic N) is 1. The first-order chi connectivity index (χ1) is 8.97. The van der Waals surface area contributed by atoms with E-state index in [-0.39, 0.29) is 11.3 Å². The minimum Gasteiger partial charge on any atom is -0.341 e. The van der Waals surface area contributed by atoms with Crippen molar-refractivity contribution >= 4 is 5.91 Å². The highest BCUT2D eigenvalue weighted by atomic mass is 16.2. The van der Waals surface area contributed by atoms with Gasteiger partial charge in [-0.25, -0.2) is 0 Å². The summed E-state index contributed by atoms with van der Waals surface area (Å²) in [6.45, 7) is 5.76. The molecule has 19 heavy (non-hydrogen) atoms. The van der Waals surface area contributed by atoms with Crippen LogP contribution in [0.15, 0.2) is 24.3 Å². The highest BCUT2D eigenvalue weighted by Gasteiger charge is 2.42. The summed E-state index contributed by atoms with van der Waals surface area (Å²) in [4.78, 5) is 14.1. The average Bonchev–Trinajstić information content (AvgIpc) is 3.18. The number of rotatable bonds is 5. The summed E-state index contributed by atoms with van der Waals surface area (Å²) in [7, 11) is 1.87. The van der Waals surface area contributed by atoms with Crippen LogP contribution in [0.3, 0.4) is 0 Å². The van der Waals surface area contributed by atoms with Crippen LogP contribution in [0.2, 0.25) is 0 Å². The smallest absolute Gasteiger partial charge is 0.253 e. The van der Waals surface area contributed by atoms with E-state index in [2.05, 4.69) is 13.8 Å². The van der Waals surface area contributed by atoms with E-state index in [9.17, 15) is 4.79 Å². The third kappa shape index (κ3) is 3.16. The molecule has 0 aliphatic heterocycles. The molecule has 1 fully saturated rings. The van der Waals surface area contributed by atoms with Crippen molar-refractivity contribution in [1.29, 1.82) is 0 Å². The van der Waals surface area contributed by atoms with Crippen molar-refractivity contribution in [2.45, 2.75) is 32.6 Å². The summed E-state index contributed by atoms with van der Waals surface area (Å²) in [5.41, 5.74) is 8.00. The van der Waals surface area contributed by atoms with Crippen LogP contribution in [0.5, 0.6) is 0 Å². The maximum atomic E-state index is 12.3. The molecule has 1 aromatic rings. The fourth-order valence-electron chi connectivity index (χ4n) is 2.41. The van der Waals surface area contributed by atoms with E-state index in [0.29, 0.717) is 12.5 Å². The number of hydrogen-bond donors (Lipinski definition) is 1. The molecule has 0 spiro atoms. The van der Waals surface area contributed by atoms with Crippen LogP contribution in [-0.4, -0.2) is 30.9 Å². The average molecular weight is 260 g/mol. The van der Waals surface area contributed by atoms with Crippen LogP contribution in [-0.2, 0) is 0 Å². The Bertz CT molecular complexity index is 446. The highest BCUT2D eigenvalue weighted by molar-refractivity contribution is 5.94. The molecule has 1 aromatic carbocycles. The lowest BCUT2D eigenvalue weighted by molar-refractivity contribution is 0.0766. The molecule has 1 aliphatic carbocycles. The van der Waals surface area contributed by atoms with Crippen molar-refractivity contribution in [3.8, 4) is 0 Å². The van der Waals surface area contributed by atoms with Gasteiger partial charge in [0.05, 0.1) is 0 Å². The standard InChI is InChI=1S/C16H24N2O/c1-12(2)13-4-6-14(7-5-13)15(19)18(3)11-16(10-17)8-9-16/h4-7,12H,8-11,17H2,1-3H3. The molecule has 2 N–H and O–H groups in total. The molecule has 0 heterocycles. The fraction of sp³-hybridized carbons (Fsp3) is 0.562. The topological polar surface area (TPSA) is 46.3 Å². The van der Waals surface area contributed by atoms with Gasteiger partial charge in [0.25, 0.3) is 5.91 Å². The van der Waals surface area contributed by atoms with Crippen molar-refractivity contribution in [3.63, 3.8) is 0 Å². The van der Waals surface area contributed by atoms with Crippen molar-refractivity contribution in [2.75, 3.05) is 20.1 Å². The van der Waals surface area contributed by atoms with Crippen molar-refractivity contribution in [3.05, 3.63) is 35.4 Å². The van der Waals surface area contributed by atoms with Gasteiger partial charge in [-0.15, -0.1) is 0 Å². The molecule has 3 heteroatoms. The summed E-state index contributed by atoms with van der Waals surface area (Å²) >= 11 is 0. The Morgan fingerprint density at radius 3 is 2.32 bits per heavy atom. The van der Waals surface area contributed by atoms with Crippen LogP contribution >= 0.6 is 0 Å². The first-order valence-corrected chi connectivity index (χ1v) is 7.03. The molecule has 2 rings (SSSR count). The zero-order valence-corrected chi connectivity index (χ0v) is 12.1. The molecule has 0 unspecified atom stereocenters. The number of amides is 1. The summed E-state index contributed by atoms with van der Waals surface area (Å²) in [5.74, 6) is 0.587. The Labute approximate surface area is 115 Å². The van der Waals surface area contributed by atoms with Crippen LogP contribution in [0, 0.1) is 5.41 Å². The van der Waals surface area contributed by atoms with Crippen LogP contribution in [0.4, 0.5) is 0 Å². The Balaban J connectivity index is 2.02. The quantitative estimate of drug-likeness (QED) is 0.884. The van der Waals surface area contributed by atoms with Crippen LogP contribution in [0.1, 0.15) is 48.5 Å². The number of nitrogens with two attached hydrogens (primary N) is 1. The van der Waals surface area contributed by atoms with E-state index in [4.69, 9.17) is 5.73 Å². The first-order valence-electron chi connectivity index (χ1n) is 7.03. The molecule has 1 saturated carbocycles. The van der Waals surface area contributed by atoms with Crippen LogP contribution in [0.25, 0.3) is 0 Å². The second kappa shape index (κ2) is 5.33. The van der Waals surface area contributed by atoms with Gasteiger partial charge < -0.3 is 10.6 Å². The van der Waals surface area contributed by atoms with Crippen molar-refractivity contribution in [1.82, 2.24) is 4.90 Å². The van der Waals surface area contributed by atoms with Gasteiger partial charge in [-0.05, 0) is 43.0 Å². The summed E-state index contributed by atoms with van der Waals surface area (Å²) in [5, 5.41) is 0. The lowest BCUT2D eigenvalue weighted by Crippen LogP contribution is -2.35. The van der Waals surface area contributed by atoms with E-state index in [0.717, 1.165) is 24.9 Å². The van der Waals surface area contributed by atoms with Gasteiger partial charge in [0.2, 0.25) is 0 Å². The lowest BCUT2D eigenvalue weighted by Gasteiger charge is -2.23. The summed E-state index contributed by atoms with van der Waals surface area (Å²) in [6, 6.07) is 7.94.